The standard InChI is InChI=1S/C57H111NO8/c1-3-5-7-9-11-13-15-17-19-21-23-24-25-26-27-28-29-31-33-35-37-39-41-43-45-47-53(61)58-50(49-65-57-56(64)55(63)54(62)52(48-59)66-57)51(60)46-44-42-40-38-36-34-32-30-22-20-18-16-14-12-10-8-6-4-2/h26-27,50-52,54-57,59-60,62-64H,3-25,28-49H2,1-2H3,(H,58,61)/b27-26-. The van der Waals surface area contributed by atoms with Crippen LogP contribution >= 0.6 is 0 Å². The van der Waals surface area contributed by atoms with Gasteiger partial charge in [-0.25, -0.2) is 0 Å². The fourth-order valence-electron chi connectivity index (χ4n) is 9.51. The Labute approximate surface area is 407 Å². The lowest BCUT2D eigenvalue weighted by atomic mass is 9.99. The zero-order valence-electron chi connectivity index (χ0n) is 43.5. The van der Waals surface area contributed by atoms with Gasteiger partial charge in [0.2, 0.25) is 5.91 Å². The second-order valence-electron chi connectivity index (χ2n) is 20.4. The number of nitrogens with one attached hydrogen (secondary N) is 1. The minimum atomic E-state index is -1.55. The van der Waals surface area contributed by atoms with Gasteiger partial charge in [-0.05, 0) is 38.5 Å². The Balaban J connectivity index is 2.19. The van der Waals surface area contributed by atoms with Gasteiger partial charge in [0.25, 0.3) is 0 Å². The van der Waals surface area contributed by atoms with Crippen LogP contribution in [-0.2, 0) is 14.3 Å². The van der Waals surface area contributed by atoms with Crippen LogP contribution in [-0.4, -0.2) is 87.5 Å². The zero-order valence-corrected chi connectivity index (χ0v) is 43.5. The number of ether oxygens (including phenoxy) is 2. The fraction of sp³-hybridized carbons (Fsp3) is 0.947. The molecule has 0 bridgehead atoms. The predicted octanol–water partition coefficient (Wildman–Crippen LogP) is 14.0. The van der Waals surface area contributed by atoms with Gasteiger partial charge >= 0.3 is 0 Å². The maximum atomic E-state index is 13.1. The molecule has 0 radical (unpaired) electrons. The monoisotopic (exact) mass is 938 g/mol. The van der Waals surface area contributed by atoms with Crippen LogP contribution < -0.4 is 5.32 Å². The summed E-state index contributed by atoms with van der Waals surface area (Å²) in [5.41, 5.74) is 0. The summed E-state index contributed by atoms with van der Waals surface area (Å²) in [6, 6.07) is -0.717. The van der Waals surface area contributed by atoms with Crippen molar-refractivity contribution in [2.24, 2.45) is 0 Å². The summed E-state index contributed by atoms with van der Waals surface area (Å²) in [4.78, 5) is 13.1. The summed E-state index contributed by atoms with van der Waals surface area (Å²) in [6.07, 6.45) is 50.9. The molecule has 0 aromatic heterocycles. The number of rotatable bonds is 50. The third-order valence-corrected chi connectivity index (χ3v) is 14.1. The van der Waals surface area contributed by atoms with Crippen molar-refractivity contribution < 1.29 is 39.8 Å². The number of allylic oxidation sites excluding steroid dienone is 2. The Morgan fingerprint density at radius 3 is 1.23 bits per heavy atom. The number of carbonyl (C=O) groups is 1. The molecule has 1 aliphatic rings. The summed E-state index contributed by atoms with van der Waals surface area (Å²) in [5.74, 6) is -0.141. The van der Waals surface area contributed by atoms with Gasteiger partial charge in [-0.3, -0.25) is 4.79 Å². The van der Waals surface area contributed by atoms with Gasteiger partial charge in [-0.1, -0.05) is 257 Å². The summed E-state index contributed by atoms with van der Waals surface area (Å²) in [6.45, 7) is 3.88. The molecule has 392 valence electrons. The SMILES string of the molecule is CCCCCCCCCCCCCC/C=C\CCCCCCCCCCCC(=O)NC(COC1OC(CO)C(O)C(O)C1O)C(O)CCCCCCCCCCCCCCCCCCCC. The van der Waals surface area contributed by atoms with E-state index in [0.717, 1.165) is 38.5 Å². The molecule has 0 spiro atoms. The highest BCUT2D eigenvalue weighted by Gasteiger charge is 2.44. The Kier molecular flexibility index (Phi) is 45.4. The maximum absolute atomic E-state index is 13.1. The van der Waals surface area contributed by atoms with Crippen LogP contribution in [0.1, 0.15) is 290 Å². The first-order valence-corrected chi connectivity index (χ1v) is 28.9. The molecule has 0 aromatic rings. The van der Waals surface area contributed by atoms with Crippen molar-refractivity contribution in [1.82, 2.24) is 5.32 Å². The molecule has 1 amide bonds. The molecule has 0 saturated carbocycles. The maximum Gasteiger partial charge on any atom is 0.220 e. The number of hydrogen-bond donors (Lipinski definition) is 6. The Hall–Kier alpha value is -1.07. The first-order chi connectivity index (χ1) is 32.3. The molecule has 9 heteroatoms. The van der Waals surface area contributed by atoms with E-state index in [1.54, 1.807) is 0 Å². The van der Waals surface area contributed by atoms with Gasteiger partial charge in [-0.15, -0.1) is 0 Å². The van der Waals surface area contributed by atoms with Crippen LogP contribution in [0, 0.1) is 0 Å². The predicted molar refractivity (Wildman–Crippen MR) is 277 cm³/mol. The molecular weight excluding hydrogens is 827 g/mol. The summed E-state index contributed by atoms with van der Waals surface area (Å²) in [7, 11) is 0. The Morgan fingerprint density at radius 2 is 0.848 bits per heavy atom. The molecule has 66 heavy (non-hydrogen) atoms. The molecule has 6 N–H and O–H groups in total. The third kappa shape index (κ3) is 36.9. The average molecular weight is 939 g/mol. The summed E-state index contributed by atoms with van der Waals surface area (Å²) in [5, 5.41) is 54.7. The minimum absolute atomic E-state index is 0.135. The van der Waals surface area contributed by atoms with Crippen molar-refractivity contribution in [3.63, 3.8) is 0 Å². The summed E-state index contributed by atoms with van der Waals surface area (Å²) < 4.78 is 11.3. The molecule has 9 nitrogen and oxygen atoms in total. The second kappa shape index (κ2) is 47.6. The normalized spacial score (nSPS) is 19.8. The van der Waals surface area contributed by atoms with E-state index >= 15 is 0 Å². The quantitative estimate of drug-likeness (QED) is 0.0261. The van der Waals surface area contributed by atoms with Gasteiger partial charge < -0.3 is 40.3 Å². The van der Waals surface area contributed by atoms with E-state index in [-0.39, 0.29) is 12.5 Å². The highest BCUT2D eigenvalue weighted by atomic mass is 16.7. The Morgan fingerprint density at radius 1 is 0.500 bits per heavy atom. The molecule has 7 atom stereocenters. The molecule has 0 aromatic carbocycles. The highest BCUT2D eigenvalue weighted by molar-refractivity contribution is 5.76. The zero-order chi connectivity index (χ0) is 48.0. The molecule has 7 unspecified atom stereocenters. The van der Waals surface area contributed by atoms with Crippen molar-refractivity contribution in [3.05, 3.63) is 12.2 Å². The molecule has 1 saturated heterocycles. The van der Waals surface area contributed by atoms with Crippen molar-refractivity contribution in [3.8, 4) is 0 Å². The molecule has 1 rings (SSSR count). The van der Waals surface area contributed by atoms with E-state index < -0.39 is 49.5 Å². The lowest BCUT2D eigenvalue weighted by molar-refractivity contribution is -0.302. The second-order valence-corrected chi connectivity index (χ2v) is 20.4. The first-order valence-electron chi connectivity index (χ1n) is 28.9. The molecule has 1 heterocycles. The van der Waals surface area contributed by atoms with Crippen LogP contribution in [0.2, 0.25) is 0 Å². The number of amides is 1. The summed E-state index contributed by atoms with van der Waals surface area (Å²) >= 11 is 0. The van der Waals surface area contributed by atoms with E-state index in [1.807, 2.05) is 0 Å². The van der Waals surface area contributed by atoms with Gasteiger partial charge in [0.15, 0.2) is 6.29 Å². The fourth-order valence-corrected chi connectivity index (χ4v) is 9.51. The number of aliphatic hydroxyl groups is 5. The lowest BCUT2D eigenvalue weighted by Gasteiger charge is -2.40. The van der Waals surface area contributed by atoms with E-state index in [1.165, 1.54) is 225 Å². The molecule has 1 fully saturated rings. The van der Waals surface area contributed by atoms with E-state index in [9.17, 15) is 30.3 Å². The van der Waals surface area contributed by atoms with Crippen molar-refractivity contribution in [2.45, 2.75) is 333 Å². The third-order valence-electron chi connectivity index (χ3n) is 14.1. The van der Waals surface area contributed by atoms with E-state index in [4.69, 9.17) is 9.47 Å². The number of carbonyl (C=O) groups excluding carboxylic acids is 1. The van der Waals surface area contributed by atoms with Crippen molar-refractivity contribution >= 4 is 5.91 Å². The number of aliphatic hydroxyl groups excluding tert-OH is 5. The van der Waals surface area contributed by atoms with Crippen LogP contribution in [0.15, 0.2) is 12.2 Å². The average Bonchev–Trinajstić information content (AvgIpc) is 3.32. The van der Waals surface area contributed by atoms with Crippen LogP contribution in [0.5, 0.6) is 0 Å². The van der Waals surface area contributed by atoms with Crippen molar-refractivity contribution in [2.75, 3.05) is 13.2 Å². The van der Waals surface area contributed by atoms with Crippen LogP contribution in [0.3, 0.4) is 0 Å². The Bertz CT molecular complexity index is 1040. The molecule has 1 aliphatic heterocycles. The van der Waals surface area contributed by atoms with Gasteiger partial charge in [0, 0.05) is 6.42 Å². The van der Waals surface area contributed by atoms with Crippen LogP contribution in [0.25, 0.3) is 0 Å². The number of unbranched alkanes of at least 4 members (excludes halogenated alkanes) is 38. The van der Waals surface area contributed by atoms with E-state index in [2.05, 4.69) is 31.3 Å². The van der Waals surface area contributed by atoms with Gasteiger partial charge in [0.1, 0.15) is 24.4 Å². The number of hydrogen-bond acceptors (Lipinski definition) is 8. The minimum Gasteiger partial charge on any atom is -0.394 e. The van der Waals surface area contributed by atoms with Gasteiger partial charge in [-0.2, -0.15) is 0 Å². The van der Waals surface area contributed by atoms with Crippen LogP contribution in [0.4, 0.5) is 0 Å². The highest BCUT2D eigenvalue weighted by Crippen LogP contribution is 2.23. The molecular formula is C57H111NO8. The first kappa shape index (κ1) is 62.9. The largest absolute Gasteiger partial charge is 0.394 e. The van der Waals surface area contributed by atoms with Crippen molar-refractivity contribution in [1.29, 1.82) is 0 Å². The van der Waals surface area contributed by atoms with E-state index in [0.29, 0.717) is 12.8 Å². The molecule has 0 aliphatic carbocycles. The topological polar surface area (TPSA) is 149 Å². The smallest absolute Gasteiger partial charge is 0.220 e. The lowest BCUT2D eigenvalue weighted by Crippen LogP contribution is -2.60. The van der Waals surface area contributed by atoms with Gasteiger partial charge in [0.05, 0.1) is 25.4 Å².